The summed E-state index contributed by atoms with van der Waals surface area (Å²) in [7, 11) is 0. The second-order valence-electron chi connectivity index (χ2n) is 6.21. The van der Waals surface area contributed by atoms with Gasteiger partial charge in [0.1, 0.15) is 5.75 Å². The predicted octanol–water partition coefficient (Wildman–Crippen LogP) is 1.25. The highest BCUT2D eigenvalue weighted by molar-refractivity contribution is 5.84. The second kappa shape index (κ2) is 9.22. The highest BCUT2D eigenvalue weighted by Gasteiger charge is 2.27. The van der Waals surface area contributed by atoms with Crippen LogP contribution in [0.15, 0.2) is 24.3 Å². The van der Waals surface area contributed by atoms with Gasteiger partial charge in [0.05, 0.1) is 0 Å². The van der Waals surface area contributed by atoms with E-state index in [4.69, 9.17) is 9.47 Å². The number of ether oxygens (including phenoxy) is 2. The highest BCUT2D eigenvalue weighted by atomic mass is 16.6. The van der Waals surface area contributed by atoms with Gasteiger partial charge in [-0.3, -0.25) is 9.59 Å². The summed E-state index contributed by atoms with van der Waals surface area (Å²) in [6.07, 6.45) is -0.0804. The molecule has 0 aromatic heterocycles. The zero-order valence-electron chi connectivity index (χ0n) is 15.6. The number of hydrogen-bond donors (Lipinski definition) is 0. The van der Waals surface area contributed by atoms with Gasteiger partial charge < -0.3 is 19.3 Å². The van der Waals surface area contributed by atoms with Crippen molar-refractivity contribution in [2.24, 2.45) is 0 Å². The molecule has 1 aliphatic rings. The number of para-hydroxylation sites is 1. The minimum Gasteiger partial charge on any atom is -0.482 e. The molecule has 0 saturated carbocycles. The molecule has 1 aromatic carbocycles. The van der Waals surface area contributed by atoms with Gasteiger partial charge in [0.15, 0.2) is 12.7 Å². The van der Waals surface area contributed by atoms with Gasteiger partial charge in [-0.15, -0.1) is 0 Å². The van der Waals surface area contributed by atoms with E-state index in [1.807, 2.05) is 25.1 Å². The van der Waals surface area contributed by atoms with Crippen LogP contribution in [0.25, 0.3) is 0 Å². The Morgan fingerprint density at radius 2 is 1.69 bits per heavy atom. The van der Waals surface area contributed by atoms with Crippen LogP contribution in [0.1, 0.15) is 26.3 Å². The van der Waals surface area contributed by atoms with Gasteiger partial charge in [-0.25, -0.2) is 4.79 Å². The lowest BCUT2D eigenvalue weighted by atomic mass is 10.1. The molecule has 26 heavy (non-hydrogen) atoms. The predicted molar refractivity (Wildman–Crippen MR) is 95.7 cm³/mol. The summed E-state index contributed by atoms with van der Waals surface area (Å²) in [5.74, 6) is -0.193. The summed E-state index contributed by atoms with van der Waals surface area (Å²) in [5.41, 5.74) is 1.01. The maximum absolute atomic E-state index is 12.4. The Kier molecular flexibility index (Phi) is 7.00. The third kappa shape index (κ3) is 5.21. The summed E-state index contributed by atoms with van der Waals surface area (Å²) >= 11 is 0. The molecule has 0 radical (unpaired) electrons. The first-order chi connectivity index (χ1) is 12.4. The van der Waals surface area contributed by atoms with E-state index in [2.05, 4.69) is 0 Å². The van der Waals surface area contributed by atoms with Gasteiger partial charge in [-0.05, 0) is 25.0 Å². The third-order valence-corrected chi connectivity index (χ3v) is 4.39. The van der Waals surface area contributed by atoms with E-state index in [0.29, 0.717) is 31.9 Å². The number of esters is 1. The van der Waals surface area contributed by atoms with Crippen molar-refractivity contribution in [3.8, 4) is 5.75 Å². The van der Waals surface area contributed by atoms with Crippen molar-refractivity contribution < 1.29 is 23.9 Å². The van der Waals surface area contributed by atoms with Crippen molar-refractivity contribution in [3.63, 3.8) is 0 Å². The van der Waals surface area contributed by atoms with Crippen LogP contribution in [0.4, 0.5) is 0 Å². The maximum atomic E-state index is 12.4. The number of aryl methyl sites for hydroxylation is 1. The molecule has 7 heteroatoms. The molecule has 1 atom stereocenters. The van der Waals surface area contributed by atoms with E-state index in [1.165, 1.54) is 6.92 Å². The summed E-state index contributed by atoms with van der Waals surface area (Å²) in [6, 6.07) is 7.49. The summed E-state index contributed by atoms with van der Waals surface area (Å²) in [5, 5.41) is 0. The summed E-state index contributed by atoms with van der Waals surface area (Å²) in [4.78, 5) is 39.0. The van der Waals surface area contributed by atoms with Crippen molar-refractivity contribution in [1.82, 2.24) is 9.80 Å². The van der Waals surface area contributed by atoms with Gasteiger partial charge in [-0.2, -0.15) is 0 Å². The molecule has 1 aromatic rings. The standard InChI is InChI=1S/C19H26N2O5/c1-4-16-7-5-6-8-17(16)25-13-18(23)26-14(2)19(24)21-11-9-20(10-12-21)15(3)22/h5-8,14H,4,9-13H2,1-3H3. The molecule has 142 valence electrons. The first-order valence-electron chi connectivity index (χ1n) is 8.86. The van der Waals surface area contributed by atoms with E-state index >= 15 is 0 Å². The number of piperazine rings is 1. The lowest BCUT2D eigenvalue weighted by Crippen LogP contribution is -2.52. The number of amides is 2. The molecule has 2 rings (SSSR count). The van der Waals surface area contributed by atoms with Gasteiger partial charge in [-0.1, -0.05) is 25.1 Å². The molecule has 0 bridgehead atoms. The molecular formula is C19H26N2O5. The first kappa shape index (κ1) is 19.8. The maximum Gasteiger partial charge on any atom is 0.344 e. The fraction of sp³-hybridized carbons (Fsp3) is 0.526. The van der Waals surface area contributed by atoms with Crippen molar-refractivity contribution in [1.29, 1.82) is 0 Å². The fourth-order valence-corrected chi connectivity index (χ4v) is 2.85. The number of carbonyl (C=O) groups is 3. The molecule has 7 nitrogen and oxygen atoms in total. The highest BCUT2D eigenvalue weighted by Crippen LogP contribution is 2.18. The van der Waals surface area contributed by atoms with E-state index in [0.717, 1.165) is 12.0 Å². The van der Waals surface area contributed by atoms with Crippen LogP contribution >= 0.6 is 0 Å². The topological polar surface area (TPSA) is 76.2 Å². The van der Waals surface area contributed by atoms with E-state index in [9.17, 15) is 14.4 Å². The van der Waals surface area contributed by atoms with Crippen LogP contribution in [0.3, 0.4) is 0 Å². The Morgan fingerprint density at radius 1 is 1.08 bits per heavy atom. The Morgan fingerprint density at radius 3 is 2.31 bits per heavy atom. The normalized spacial score (nSPS) is 15.3. The van der Waals surface area contributed by atoms with Gasteiger partial charge in [0, 0.05) is 33.1 Å². The molecule has 0 N–H and O–H groups in total. The molecule has 2 amide bonds. The van der Waals surface area contributed by atoms with Crippen LogP contribution < -0.4 is 4.74 Å². The summed E-state index contributed by atoms with van der Waals surface area (Å²) in [6.45, 7) is 6.72. The molecular weight excluding hydrogens is 336 g/mol. The Balaban J connectivity index is 1.79. The molecule has 1 saturated heterocycles. The van der Waals surface area contributed by atoms with Crippen molar-refractivity contribution >= 4 is 17.8 Å². The smallest absolute Gasteiger partial charge is 0.344 e. The van der Waals surface area contributed by atoms with Crippen molar-refractivity contribution in [3.05, 3.63) is 29.8 Å². The van der Waals surface area contributed by atoms with Crippen LogP contribution in [0.5, 0.6) is 5.75 Å². The van der Waals surface area contributed by atoms with Crippen LogP contribution in [0.2, 0.25) is 0 Å². The van der Waals surface area contributed by atoms with E-state index < -0.39 is 12.1 Å². The Bertz CT molecular complexity index is 653. The van der Waals surface area contributed by atoms with E-state index in [-0.39, 0.29) is 18.4 Å². The quantitative estimate of drug-likeness (QED) is 0.712. The number of rotatable bonds is 6. The monoisotopic (exact) mass is 362 g/mol. The molecule has 1 heterocycles. The number of benzene rings is 1. The molecule has 1 unspecified atom stereocenters. The SMILES string of the molecule is CCc1ccccc1OCC(=O)OC(C)C(=O)N1CCN(C(C)=O)CC1. The minimum absolute atomic E-state index is 0.00100. The molecule has 1 aliphatic heterocycles. The number of nitrogens with zero attached hydrogens (tertiary/aromatic N) is 2. The van der Waals surface area contributed by atoms with Gasteiger partial charge in [0.25, 0.3) is 5.91 Å². The van der Waals surface area contributed by atoms with Crippen LogP contribution in [-0.4, -0.2) is 66.5 Å². The van der Waals surface area contributed by atoms with Crippen LogP contribution in [0, 0.1) is 0 Å². The molecule has 0 spiro atoms. The Hall–Kier alpha value is -2.57. The average molecular weight is 362 g/mol. The van der Waals surface area contributed by atoms with E-state index in [1.54, 1.807) is 22.8 Å². The zero-order chi connectivity index (χ0) is 19.1. The lowest BCUT2D eigenvalue weighted by molar-refractivity contribution is -0.161. The Labute approximate surface area is 153 Å². The zero-order valence-corrected chi connectivity index (χ0v) is 15.6. The number of carbonyl (C=O) groups excluding carboxylic acids is 3. The average Bonchev–Trinajstić information content (AvgIpc) is 2.65. The number of hydrogen-bond acceptors (Lipinski definition) is 5. The fourth-order valence-electron chi connectivity index (χ4n) is 2.85. The third-order valence-electron chi connectivity index (χ3n) is 4.39. The summed E-state index contributed by atoms with van der Waals surface area (Å²) < 4.78 is 10.7. The van der Waals surface area contributed by atoms with Crippen LogP contribution in [-0.2, 0) is 25.5 Å². The minimum atomic E-state index is -0.878. The van der Waals surface area contributed by atoms with Crippen molar-refractivity contribution in [2.75, 3.05) is 32.8 Å². The molecule has 0 aliphatic carbocycles. The second-order valence-corrected chi connectivity index (χ2v) is 6.21. The molecule has 1 fully saturated rings. The van der Waals surface area contributed by atoms with Crippen molar-refractivity contribution in [2.45, 2.75) is 33.3 Å². The lowest BCUT2D eigenvalue weighted by Gasteiger charge is -2.35. The van der Waals surface area contributed by atoms with Gasteiger partial charge >= 0.3 is 5.97 Å². The van der Waals surface area contributed by atoms with Gasteiger partial charge in [0.2, 0.25) is 5.91 Å². The first-order valence-corrected chi connectivity index (χ1v) is 8.86. The largest absolute Gasteiger partial charge is 0.482 e.